The van der Waals surface area contributed by atoms with Gasteiger partial charge in [-0.05, 0) is 50.6 Å². The van der Waals surface area contributed by atoms with Crippen LogP contribution in [0.3, 0.4) is 0 Å². The molecule has 0 N–H and O–H groups in total. The van der Waals surface area contributed by atoms with Crippen LogP contribution in [0.5, 0.6) is 0 Å². The SMILES string of the molecule is CC(=O)OC(C(=O)OC(C)(C)C)C1OCCN(c2ccc(C(=O)OCc3ccccc3)cc2)C1=O. The molecular weight excluding hydrogens is 454 g/mol. The Bertz CT molecular complexity index is 1060. The van der Waals surface area contributed by atoms with Crippen LogP contribution in [0.1, 0.15) is 43.6 Å². The third-order valence-electron chi connectivity index (χ3n) is 4.96. The van der Waals surface area contributed by atoms with Crippen LogP contribution in [-0.2, 0) is 39.9 Å². The molecule has 1 heterocycles. The minimum Gasteiger partial charge on any atom is -0.457 e. The number of hydrogen-bond donors (Lipinski definition) is 0. The van der Waals surface area contributed by atoms with Gasteiger partial charge in [0, 0.05) is 19.2 Å². The third-order valence-corrected chi connectivity index (χ3v) is 4.96. The first kappa shape index (κ1) is 25.9. The summed E-state index contributed by atoms with van der Waals surface area (Å²) < 4.78 is 21.3. The second kappa shape index (κ2) is 11.1. The summed E-state index contributed by atoms with van der Waals surface area (Å²) in [6.45, 7) is 6.60. The molecule has 9 nitrogen and oxygen atoms in total. The van der Waals surface area contributed by atoms with Gasteiger partial charge >= 0.3 is 17.9 Å². The lowest BCUT2D eigenvalue weighted by Gasteiger charge is -2.35. The molecule has 1 aliphatic heterocycles. The molecule has 9 heteroatoms. The zero-order chi connectivity index (χ0) is 25.6. The maximum Gasteiger partial charge on any atom is 0.351 e. The number of carbonyl (C=O) groups is 4. The number of esters is 3. The predicted octanol–water partition coefficient (Wildman–Crippen LogP) is 3.05. The highest BCUT2D eigenvalue weighted by atomic mass is 16.6. The number of benzene rings is 2. The molecule has 1 aliphatic rings. The normalized spacial score (nSPS) is 16.9. The van der Waals surface area contributed by atoms with E-state index in [0.29, 0.717) is 11.3 Å². The summed E-state index contributed by atoms with van der Waals surface area (Å²) in [7, 11) is 0. The molecule has 2 aromatic rings. The predicted molar refractivity (Wildman–Crippen MR) is 125 cm³/mol. The van der Waals surface area contributed by atoms with Crippen molar-refractivity contribution in [1.82, 2.24) is 0 Å². The average molecular weight is 484 g/mol. The molecule has 0 spiro atoms. The smallest absolute Gasteiger partial charge is 0.351 e. The zero-order valence-corrected chi connectivity index (χ0v) is 20.2. The number of nitrogens with zero attached hydrogens (tertiary/aromatic N) is 1. The van der Waals surface area contributed by atoms with Gasteiger partial charge in [-0.1, -0.05) is 30.3 Å². The van der Waals surface area contributed by atoms with Gasteiger partial charge in [0.2, 0.25) is 6.10 Å². The van der Waals surface area contributed by atoms with Crippen molar-refractivity contribution < 1.29 is 38.1 Å². The summed E-state index contributed by atoms with van der Waals surface area (Å²) in [5, 5.41) is 0. The van der Waals surface area contributed by atoms with Crippen molar-refractivity contribution >= 4 is 29.5 Å². The van der Waals surface area contributed by atoms with E-state index in [2.05, 4.69) is 0 Å². The number of carbonyl (C=O) groups excluding carboxylic acids is 4. The molecule has 1 fully saturated rings. The monoisotopic (exact) mass is 483 g/mol. The van der Waals surface area contributed by atoms with E-state index < -0.39 is 41.6 Å². The van der Waals surface area contributed by atoms with Gasteiger partial charge in [-0.3, -0.25) is 9.59 Å². The quantitative estimate of drug-likeness (QED) is 0.437. The van der Waals surface area contributed by atoms with Crippen molar-refractivity contribution in [2.75, 3.05) is 18.1 Å². The number of rotatable bonds is 7. The van der Waals surface area contributed by atoms with Crippen LogP contribution in [0.4, 0.5) is 5.69 Å². The first-order valence-electron chi connectivity index (χ1n) is 11.2. The molecule has 0 aliphatic carbocycles. The fourth-order valence-electron chi connectivity index (χ4n) is 3.44. The highest BCUT2D eigenvalue weighted by Crippen LogP contribution is 2.24. The van der Waals surface area contributed by atoms with Crippen molar-refractivity contribution in [2.24, 2.45) is 0 Å². The van der Waals surface area contributed by atoms with E-state index in [9.17, 15) is 19.2 Å². The van der Waals surface area contributed by atoms with Crippen molar-refractivity contribution in [3.63, 3.8) is 0 Å². The largest absolute Gasteiger partial charge is 0.457 e. The Kier molecular flexibility index (Phi) is 8.24. The Hall–Kier alpha value is -3.72. The molecule has 2 atom stereocenters. The van der Waals surface area contributed by atoms with Crippen molar-refractivity contribution in [2.45, 2.75) is 52.1 Å². The Balaban J connectivity index is 1.71. The van der Waals surface area contributed by atoms with Crippen LogP contribution in [0, 0.1) is 0 Å². The van der Waals surface area contributed by atoms with Gasteiger partial charge in [-0.2, -0.15) is 0 Å². The van der Waals surface area contributed by atoms with E-state index in [4.69, 9.17) is 18.9 Å². The van der Waals surface area contributed by atoms with E-state index in [1.54, 1.807) is 45.0 Å². The van der Waals surface area contributed by atoms with Crippen molar-refractivity contribution in [3.05, 3.63) is 65.7 Å². The number of amides is 1. The van der Waals surface area contributed by atoms with Crippen molar-refractivity contribution in [3.8, 4) is 0 Å². The molecule has 2 unspecified atom stereocenters. The van der Waals surface area contributed by atoms with E-state index in [1.807, 2.05) is 30.3 Å². The highest BCUT2D eigenvalue weighted by Gasteiger charge is 2.44. The van der Waals surface area contributed by atoms with Crippen molar-refractivity contribution in [1.29, 1.82) is 0 Å². The van der Waals surface area contributed by atoms with E-state index in [1.165, 1.54) is 4.90 Å². The maximum absolute atomic E-state index is 13.2. The molecule has 0 aromatic heterocycles. The van der Waals surface area contributed by atoms with E-state index in [-0.39, 0.29) is 19.8 Å². The summed E-state index contributed by atoms with van der Waals surface area (Å²) in [4.78, 5) is 51.3. The van der Waals surface area contributed by atoms with Crippen LogP contribution in [-0.4, -0.2) is 54.8 Å². The third kappa shape index (κ3) is 7.13. The van der Waals surface area contributed by atoms with Gasteiger partial charge in [0.05, 0.1) is 12.2 Å². The van der Waals surface area contributed by atoms with Gasteiger partial charge in [-0.25, -0.2) is 9.59 Å². The number of morpholine rings is 1. The Morgan fingerprint density at radius 3 is 2.31 bits per heavy atom. The van der Waals surface area contributed by atoms with Gasteiger partial charge in [-0.15, -0.1) is 0 Å². The van der Waals surface area contributed by atoms with E-state index >= 15 is 0 Å². The van der Waals surface area contributed by atoms with Gasteiger partial charge in [0.25, 0.3) is 5.91 Å². The maximum atomic E-state index is 13.2. The summed E-state index contributed by atoms with van der Waals surface area (Å²) in [5.41, 5.74) is 0.842. The molecule has 2 aromatic carbocycles. The summed E-state index contributed by atoms with van der Waals surface area (Å²) >= 11 is 0. The highest BCUT2D eigenvalue weighted by molar-refractivity contribution is 6.01. The molecule has 1 amide bonds. The Morgan fingerprint density at radius 2 is 1.71 bits per heavy atom. The Labute approximate surface area is 203 Å². The van der Waals surface area contributed by atoms with E-state index in [0.717, 1.165) is 12.5 Å². The molecule has 35 heavy (non-hydrogen) atoms. The fourth-order valence-corrected chi connectivity index (χ4v) is 3.44. The lowest BCUT2D eigenvalue weighted by molar-refractivity contribution is -0.188. The molecular formula is C26H29NO8. The number of anilines is 1. The van der Waals surface area contributed by atoms with Gasteiger partial charge < -0.3 is 23.8 Å². The van der Waals surface area contributed by atoms with Crippen LogP contribution in [0.25, 0.3) is 0 Å². The minimum atomic E-state index is -1.55. The first-order chi connectivity index (χ1) is 16.5. The molecule has 186 valence electrons. The van der Waals surface area contributed by atoms with Crippen LogP contribution < -0.4 is 4.90 Å². The summed E-state index contributed by atoms with van der Waals surface area (Å²) in [5.74, 6) is -2.67. The van der Waals surface area contributed by atoms with Gasteiger partial charge in [0.15, 0.2) is 6.10 Å². The second-order valence-corrected chi connectivity index (χ2v) is 8.95. The summed E-state index contributed by atoms with van der Waals surface area (Å²) in [6, 6.07) is 15.6. The van der Waals surface area contributed by atoms with Crippen LogP contribution >= 0.6 is 0 Å². The fraction of sp³-hybridized carbons (Fsp3) is 0.385. The topological polar surface area (TPSA) is 108 Å². The molecule has 0 bridgehead atoms. The van der Waals surface area contributed by atoms with Crippen LogP contribution in [0.15, 0.2) is 54.6 Å². The minimum absolute atomic E-state index is 0.109. The van der Waals surface area contributed by atoms with Crippen LogP contribution in [0.2, 0.25) is 0 Å². The first-order valence-corrected chi connectivity index (χ1v) is 11.2. The lowest BCUT2D eigenvalue weighted by atomic mass is 10.1. The standard InChI is InChI=1S/C26H29NO8/c1-17(28)34-22(25(31)35-26(2,3)4)21-23(29)27(14-15-32-21)20-12-10-19(11-13-20)24(30)33-16-18-8-6-5-7-9-18/h5-13,21-22H,14-16H2,1-4H3. The number of hydrogen-bond acceptors (Lipinski definition) is 8. The molecule has 1 saturated heterocycles. The Morgan fingerprint density at radius 1 is 1.06 bits per heavy atom. The molecule has 3 rings (SSSR count). The molecule has 0 radical (unpaired) electrons. The average Bonchev–Trinajstić information content (AvgIpc) is 2.81. The second-order valence-electron chi connectivity index (χ2n) is 8.95. The molecule has 0 saturated carbocycles. The summed E-state index contributed by atoms with van der Waals surface area (Å²) in [6.07, 6.45) is -2.91. The van der Waals surface area contributed by atoms with Gasteiger partial charge in [0.1, 0.15) is 12.2 Å². The number of ether oxygens (including phenoxy) is 4. The lowest BCUT2D eigenvalue weighted by Crippen LogP contribution is -2.56. The zero-order valence-electron chi connectivity index (χ0n) is 20.2.